The largest absolute Gasteiger partial charge is 0.383 e. The van der Waals surface area contributed by atoms with Crippen LogP contribution in [0.15, 0.2) is 0 Å². The third-order valence-corrected chi connectivity index (χ3v) is 2.14. The van der Waals surface area contributed by atoms with E-state index in [2.05, 4.69) is 25.7 Å². The van der Waals surface area contributed by atoms with Gasteiger partial charge in [-0.05, 0) is 25.8 Å². The minimum absolute atomic E-state index is 0.298. The summed E-state index contributed by atoms with van der Waals surface area (Å²) in [6, 6.07) is 0.298. The predicted molar refractivity (Wildman–Crippen MR) is 61.4 cm³/mol. The molecular formula is C11H26N2O. The van der Waals surface area contributed by atoms with Gasteiger partial charge in [0.25, 0.3) is 0 Å². The average Bonchev–Trinajstić information content (AvgIpc) is 2.09. The van der Waals surface area contributed by atoms with Crippen LogP contribution in [0.5, 0.6) is 0 Å². The van der Waals surface area contributed by atoms with Crippen molar-refractivity contribution in [2.75, 3.05) is 33.4 Å². The standard InChI is InChI=1S/C11H26N2O/c1-10(2)9-13(7-8-14-4)6-5-11(3)12/h10-11H,5-9,12H2,1-4H3. The van der Waals surface area contributed by atoms with Crippen molar-refractivity contribution in [1.29, 1.82) is 0 Å². The lowest BCUT2D eigenvalue weighted by Gasteiger charge is -2.24. The molecule has 0 aromatic heterocycles. The molecule has 0 aliphatic heterocycles. The summed E-state index contributed by atoms with van der Waals surface area (Å²) in [6.07, 6.45) is 1.07. The van der Waals surface area contributed by atoms with E-state index in [-0.39, 0.29) is 0 Å². The van der Waals surface area contributed by atoms with Crippen LogP contribution in [0, 0.1) is 5.92 Å². The van der Waals surface area contributed by atoms with Crippen molar-refractivity contribution in [3.63, 3.8) is 0 Å². The first-order chi connectivity index (χ1) is 6.56. The molecule has 3 heteroatoms. The molecule has 0 amide bonds. The van der Waals surface area contributed by atoms with E-state index in [1.54, 1.807) is 7.11 Å². The zero-order valence-corrected chi connectivity index (χ0v) is 10.1. The van der Waals surface area contributed by atoms with Gasteiger partial charge in [-0.15, -0.1) is 0 Å². The van der Waals surface area contributed by atoms with Crippen LogP contribution in [-0.2, 0) is 4.74 Å². The third-order valence-electron chi connectivity index (χ3n) is 2.14. The molecule has 0 aromatic rings. The summed E-state index contributed by atoms with van der Waals surface area (Å²) < 4.78 is 5.09. The van der Waals surface area contributed by atoms with Crippen LogP contribution in [0.3, 0.4) is 0 Å². The lowest BCUT2D eigenvalue weighted by molar-refractivity contribution is 0.138. The molecule has 0 bridgehead atoms. The molecule has 0 fully saturated rings. The van der Waals surface area contributed by atoms with Gasteiger partial charge in [0.2, 0.25) is 0 Å². The number of ether oxygens (including phenoxy) is 1. The number of nitrogens with two attached hydrogens (primary N) is 1. The Kier molecular flexibility index (Phi) is 8.14. The lowest BCUT2D eigenvalue weighted by atomic mass is 10.2. The van der Waals surface area contributed by atoms with Gasteiger partial charge in [0.05, 0.1) is 6.61 Å². The van der Waals surface area contributed by atoms with Crippen LogP contribution in [0.4, 0.5) is 0 Å². The molecule has 2 N–H and O–H groups in total. The van der Waals surface area contributed by atoms with Gasteiger partial charge in [-0.1, -0.05) is 13.8 Å². The quantitative estimate of drug-likeness (QED) is 0.645. The number of rotatable bonds is 8. The number of hydrogen-bond acceptors (Lipinski definition) is 3. The maximum Gasteiger partial charge on any atom is 0.0589 e. The van der Waals surface area contributed by atoms with Gasteiger partial charge in [0.1, 0.15) is 0 Å². The van der Waals surface area contributed by atoms with Gasteiger partial charge < -0.3 is 15.4 Å². The molecule has 0 radical (unpaired) electrons. The highest BCUT2D eigenvalue weighted by Gasteiger charge is 2.07. The normalized spacial score (nSPS) is 13.9. The zero-order chi connectivity index (χ0) is 11.0. The Labute approximate surface area is 88.6 Å². The Morgan fingerprint density at radius 1 is 1.21 bits per heavy atom. The molecular weight excluding hydrogens is 176 g/mol. The monoisotopic (exact) mass is 202 g/mol. The highest BCUT2D eigenvalue weighted by Crippen LogP contribution is 2.00. The van der Waals surface area contributed by atoms with Crippen LogP contribution in [0.2, 0.25) is 0 Å². The fraction of sp³-hybridized carbons (Fsp3) is 1.00. The summed E-state index contributed by atoms with van der Waals surface area (Å²) >= 11 is 0. The van der Waals surface area contributed by atoms with E-state index in [9.17, 15) is 0 Å². The second-order valence-electron chi connectivity index (χ2n) is 4.45. The van der Waals surface area contributed by atoms with Crippen molar-refractivity contribution < 1.29 is 4.74 Å². The van der Waals surface area contributed by atoms with Crippen molar-refractivity contribution in [2.24, 2.45) is 11.7 Å². The third kappa shape index (κ3) is 8.48. The molecule has 1 atom stereocenters. The van der Waals surface area contributed by atoms with E-state index in [0.29, 0.717) is 12.0 Å². The smallest absolute Gasteiger partial charge is 0.0589 e. The summed E-state index contributed by atoms with van der Waals surface area (Å²) in [6.45, 7) is 10.6. The molecule has 0 aliphatic carbocycles. The van der Waals surface area contributed by atoms with Gasteiger partial charge in [-0.3, -0.25) is 0 Å². The SMILES string of the molecule is COCCN(CCC(C)N)CC(C)C. The molecule has 14 heavy (non-hydrogen) atoms. The van der Waals surface area contributed by atoms with E-state index < -0.39 is 0 Å². The van der Waals surface area contributed by atoms with Crippen molar-refractivity contribution in [2.45, 2.75) is 33.2 Å². The van der Waals surface area contributed by atoms with Crippen molar-refractivity contribution in [3.8, 4) is 0 Å². The van der Waals surface area contributed by atoms with E-state index in [0.717, 1.165) is 32.7 Å². The van der Waals surface area contributed by atoms with Gasteiger partial charge >= 0.3 is 0 Å². The first-order valence-corrected chi connectivity index (χ1v) is 5.53. The molecule has 0 heterocycles. The second-order valence-corrected chi connectivity index (χ2v) is 4.45. The Morgan fingerprint density at radius 2 is 1.86 bits per heavy atom. The molecule has 0 aliphatic rings. The molecule has 0 saturated heterocycles. The fourth-order valence-corrected chi connectivity index (χ4v) is 1.42. The average molecular weight is 202 g/mol. The van der Waals surface area contributed by atoms with Crippen LogP contribution in [0.1, 0.15) is 27.2 Å². The van der Waals surface area contributed by atoms with Crippen LogP contribution < -0.4 is 5.73 Å². The lowest BCUT2D eigenvalue weighted by Crippen LogP contribution is -2.34. The maximum absolute atomic E-state index is 5.74. The molecule has 3 nitrogen and oxygen atoms in total. The molecule has 0 saturated carbocycles. The highest BCUT2D eigenvalue weighted by molar-refractivity contribution is 4.63. The number of nitrogens with zero attached hydrogens (tertiary/aromatic N) is 1. The number of methoxy groups -OCH3 is 1. The molecule has 1 unspecified atom stereocenters. The zero-order valence-electron chi connectivity index (χ0n) is 10.1. The summed E-state index contributed by atoms with van der Waals surface area (Å²) in [5.41, 5.74) is 5.74. The minimum Gasteiger partial charge on any atom is -0.383 e. The Bertz CT molecular complexity index is 126. The summed E-state index contributed by atoms with van der Waals surface area (Å²) in [5.74, 6) is 0.708. The Balaban J connectivity index is 3.72. The topological polar surface area (TPSA) is 38.5 Å². The second kappa shape index (κ2) is 8.21. The fourth-order valence-electron chi connectivity index (χ4n) is 1.42. The summed E-state index contributed by atoms with van der Waals surface area (Å²) in [4.78, 5) is 2.43. The van der Waals surface area contributed by atoms with Crippen LogP contribution in [-0.4, -0.2) is 44.3 Å². The van der Waals surface area contributed by atoms with Crippen molar-refractivity contribution in [3.05, 3.63) is 0 Å². The molecule has 0 aromatic carbocycles. The minimum atomic E-state index is 0.298. The van der Waals surface area contributed by atoms with E-state index in [1.165, 1.54) is 0 Å². The first-order valence-electron chi connectivity index (χ1n) is 5.53. The Morgan fingerprint density at radius 3 is 2.29 bits per heavy atom. The maximum atomic E-state index is 5.74. The van der Waals surface area contributed by atoms with E-state index in [1.807, 2.05) is 0 Å². The van der Waals surface area contributed by atoms with Crippen molar-refractivity contribution >= 4 is 0 Å². The van der Waals surface area contributed by atoms with Gasteiger partial charge in [-0.25, -0.2) is 0 Å². The predicted octanol–water partition coefficient (Wildman–Crippen LogP) is 1.33. The summed E-state index contributed by atoms with van der Waals surface area (Å²) in [7, 11) is 1.75. The van der Waals surface area contributed by atoms with Gasteiger partial charge in [0.15, 0.2) is 0 Å². The van der Waals surface area contributed by atoms with Crippen molar-refractivity contribution in [1.82, 2.24) is 4.90 Å². The first kappa shape index (κ1) is 13.9. The molecule has 86 valence electrons. The summed E-state index contributed by atoms with van der Waals surface area (Å²) in [5, 5.41) is 0. The van der Waals surface area contributed by atoms with Gasteiger partial charge in [-0.2, -0.15) is 0 Å². The Hall–Kier alpha value is -0.120. The van der Waals surface area contributed by atoms with Crippen LogP contribution in [0.25, 0.3) is 0 Å². The van der Waals surface area contributed by atoms with E-state index in [4.69, 9.17) is 10.5 Å². The molecule has 0 spiro atoms. The van der Waals surface area contributed by atoms with Gasteiger partial charge in [0, 0.05) is 26.2 Å². The highest BCUT2D eigenvalue weighted by atomic mass is 16.5. The van der Waals surface area contributed by atoms with Crippen LogP contribution >= 0.6 is 0 Å². The molecule has 0 rings (SSSR count). The number of hydrogen-bond donors (Lipinski definition) is 1. The van der Waals surface area contributed by atoms with E-state index >= 15 is 0 Å².